The fraction of sp³-hybridized carbons (Fsp3) is 0.333. The summed E-state index contributed by atoms with van der Waals surface area (Å²) in [6, 6.07) is 2.10. The van der Waals surface area contributed by atoms with Crippen LogP contribution >= 0.6 is 22.9 Å². The molecule has 2 rings (SSSR count). The first-order chi connectivity index (χ1) is 8.09. The van der Waals surface area contributed by atoms with E-state index in [0.717, 1.165) is 22.8 Å². The zero-order chi connectivity index (χ0) is 12.4. The number of hydrogen-bond donors (Lipinski definition) is 1. The minimum atomic E-state index is 0.0710. The predicted octanol–water partition coefficient (Wildman–Crippen LogP) is 3.64. The summed E-state index contributed by atoms with van der Waals surface area (Å²) in [5.74, 6) is 0.0710. The molecule has 0 aliphatic carbocycles. The third-order valence-corrected chi connectivity index (χ3v) is 4.51. The van der Waals surface area contributed by atoms with Gasteiger partial charge >= 0.3 is 0 Å². The zero-order valence-electron chi connectivity index (χ0n) is 10.0. The lowest BCUT2D eigenvalue weighted by molar-refractivity contribution is 0.101. The van der Waals surface area contributed by atoms with Gasteiger partial charge in [0.05, 0.1) is 17.8 Å². The summed E-state index contributed by atoms with van der Waals surface area (Å²) in [6.07, 6.45) is 0. The van der Waals surface area contributed by atoms with Crippen LogP contribution in [-0.4, -0.2) is 10.2 Å². The molecule has 0 atom stereocenters. The van der Waals surface area contributed by atoms with Crippen LogP contribution in [0.15, 0.2) is 11.4 Å². The average Bonchev–Trinajstić information content (AvgIpc) is 2.82. The van der Waals surface area contributed by atoms with E-state index in [9.17, 15) is 4.79 Å². The smallest absolute Gasteiger partial charge is 0.164 e. The minimum Gasteiger partial charge on any atom is -0.370 e. The van der Waals surface area contributed by atoms with Crippen LogP contribution in [0.25, 0.3) is 0 Å². The molecule has 3 nitrogen and oxygen atoms in total. The first kappa shape index (κ1) is 12.3. The third kappa shape index (κ3) is 2.56. The number of thiophene rings is 1. The van der Waals surface area contributed by atoms with E-state index in [-0.39, 0.29) is 5.78 Å². The van der Waals surface area contributed by atoms with Crippen molar-refractivity contribution in [3.05, 3.63) is 33.1 Å². The van der Waals surface area contributed by atoms with Gasteiger partial charge in [-0.2, -0.15) is 4.37 Å². The summed E-state index contributed by atoms with van der Waals surface area (Å²) in [7, 11) is 0. The molecule has 0 aliphatic rings. The van der Waals surface area contributed by atoms with Crippen LogP contribution < -0.4 is 5.32 Å². The number of carbonyl (C=O) groups is 1. The molecular weight excluding hydrogens is 252 g/mol. The van der Waals surface area contributed by atoms with Gasteiger partial charge in [0.1, 0.15) is 5.00 Å². The van der Waals surface area contributed by atoms with Crippen molar-refractivity contribution >= 4 is 33.7 Å². The molecule has 0 saturated heterocycles. The van der Waals surface area contributed by atoms with E-state index in [1.807, 2.05) is 6.92 Å². The number of carbonyl (C=O) groups excluding carboxylic acids is 1. The van der Waals surface area contributed by atoms with Crippen molar-refractivity contribution in [2.45, 2.75) is 27.3 Å². The van der Waals surface area contributed by atoms with E-state index in [1.165, 1.54) is 22.0 Å². The van der Waals surface area contributed by atoms with Gasteiger partial charge in [-0.25, -0.2) is 0 Å². The normalized spacial score (nSPS) is 10.5. The van der Waals surface area contributed by atoms with Gasteiger partial charge in [-0.05, 0) is 49.3 Å². The van der Waals surface area contributed by atoms with Gasteiger partial charge in [0.2, 0.25) is 0 Å². The van der Waals surface area contributed by atoms with Crippen molar-refractivity contribution in [3.8, 4) is 0 Å². The van der Waals surface area contributed by atoms with Gasteiger partial charge in [0.25, 0.3) is 0 Å². The molecule has 90 valence electrons. The number of hydrogen-bond acceptors (Lipinski definition) is 5. The van der Waals surface area contributed by atoms with Gasteiger partial charge in [-0.3, -0.25) is 4.79 Å². The summed E-state index contributed by atoms with van der Waals surface area (Å²) in [5, 5.41) is 6.26. The van der Waals surface area contributed by atoms with Gasteiger partial charge in [0.15, 0.2) is 5.78 Å². The highest BCUT2D eigenvalue weighted by Gasteiger charge is 2.14. The molecule has 0 saturated carbocycles. The fourth-order valence-corrected chi connectivity index (χ4v) is 3.34. The Morgan fingerprint density at radius 2 is 2.24 bits per heavy atom. The number of rotatable bonds is 4. The molecule has 2 aromatic heterocycles. The van der Waals surface area contributed by atoms with Gasteiger partial charge < -0.3 is 5.32 Å². The Bertz CT molecular complexity index is 542. The van der Waals surface area contributed by atoms with Crippen molar-refractivity contribution in [1.29, 1.82) is 0 Å². The number of aromatic nitrogens is 1. The van der Waals surface area contributed by atoms with E-state index in [4.69, 9.17) is 0 Å². The monoisotopic (exact) mass is 266 g/mol. The number of anilines is 1. The Morgan fingerprint density at radius 3 is 2.82 bits per heavy atom. The number of Topliss-reactive ketones (excluding diaryl/α,β-unsaturated/α-hetero) is 1. The molecular formula is C12H14N2OS2. The summed E-state index contributed by atoms with van der Waals surface area (Å²) < 4.78 is 4.22. The lowest BCUT2D eigenvalue weighted by Gasteiger charge is -2.04. The third-order valence-electron chi connectivity index (χ3n) is 2.59. The highest BCUT2D eigenvalue weighted by molar-refractivity contribution is 7.11. The Balaban J connectivity index is 2.15. The Labute approximate surface area is 109 Å². The van der Waals surface area contributed by atoms with Crippen LogP contribution in [0.5, 0.6) is 0 Å². The molecule has 2 aromatic rings. The second kappa shape index (κ2) is 4.98. The van der Waals surface area contributed by atoms with E-state index in [2.05, 4.69) is 28.1 Å². The van der Waals surface area contributed by atoms with Crippen molar-refractivity contribution in [2.75, 3.05) is 5.32 Å². The maximum Gasteiger partial charge on any atom is 0.164 e. The largest absolute Gasteiger partial charge is 0.370 e. The van der Waals surface area contributed by atoms with Crippen molar-refractivity contribution in [2.24, 2.45) is 0 Å². The number of aryl methyl sites for hydroxylation is 2. The second-order valence-electron chi connectivity index (χ2n) is 3.91. The predicted molar refractivity (Wildman–Crippen MR) is 73.2 cm³/mol. The summed E-state index contributed by atoms with van der Waals surface area (Å²) in [4.78, 5) is 12.8. The minimum absolute atomic E-state index is 0.0710. The topological polar surface area (TPSA) is 42.0 Å². The van der Waals surface area contributed by atoms with Crippen LogP contribution in [0.2, 0.25) is 0 Å². The maximum absolute atomic E-state index is 11.5. The average molecular weight is 266 g/mol. The van der Waals surface area contributed by atoms with Gasteiger partial charge in [-0.15, -0.1) is 11.3 Å². The standard InChI is InChI=1S/C12H14N2OS2/c1-7-4-5-16-10(7)6-13-12-11(9(3)15)8(2)14-17-12/h4-5,13H,6H2,1-3H3. The molecule has 0 unspecified atom stereocenters. The lowest BCUT2D eigenvalue weighted by atomic mass is 10.2. The quantitative estimate of drug-likeness (QED) is 0.859. The SMILES string of the molecule is CC(=O)c1c(C)nsc1NCc1sccc1C. The summed E-state index contributed by atoms with van der Waals surface area (Å²) >= 11 is 3.08. The van der Waals surface area contributed by atoms with E-state index < -0.39 is 0 Å². The number of nitrogens with one attached hydrogen (secondary N) is 1. The molecule has 0 aliphatic heterocycles. The van der Waals surface area contributed by atoms with Crippen LogP contribution in [0.3, 0.4) is 0 Å². The Hall–Kier alpha value is -1.20. The van der Waals surface area contributed by atoms with Crippen LogP contribution in [0, 0.1) is 13.8 Å². The molecule has 0 radical (unpaired) electrons. The van der Waals surface area contributed by atoms with E-state index >= 15 is 0 Å². The Kier molecular flexibility index (Phi) is 3.59. The molecule has 2 heterocycles. The molecule has 5 heteroatoms. The maximum atomic E-state index is 11.5. The second-order valence-corrected chi connectivity index (χ2v) is 5.68. The fourth-order valence-electron chi connectivity index (χ4n) is 1.65. The molecule has 0 aromatic carbocycles. The molecule has 17 heavy (non-hydrogen) atoms. The van der Waals surface area contributed by atoms with E-state index in [1.54, 1.807) is 18.3 Å². The molecule has 1 N–H and O–H groups in total. The van der Waals surface area contributed by atoms with Crippen LogP contribution in [-0.2, 0) is 6.54 Å². The van der Waals surface area contributed by atoms with Crippen LogP contribution in [0.1, 0.15) is 33.4 Å². The van der Waals surface area contributed by atoms with Gasteiger partial charge in [0, 0.05) is 4.88 Å². The molecule has 0 spiro atoms. The Morgan fingerprint density at radius 1 is 1.47 bits per heavy atom. The van der Waals surface area contributed by atoms with Crippen molar-refractivity contribution in [1.82, 2.24) is 4.37 Å². The van der Waals surface area contributed by atoms with Crippen LogP contribution in [0.4, 0.5) is 5.00 Å². The van der Waals surface area contributed by atoms with Gasteiger partial charge in [-0.1, -0.05) is 0 Å². The zero-order valence-corrected chi connectivity index (χ0v) is 11.7. The first-order valence-electron chi connectivity index (χ1n) is 5.33. The number of nitrogens with zero attached hydrogens (tertiary/aromatic N) is 1. The molecule has 0 fully saturated rings. The van der Waals surface area contributed by atoms with Crippen molar-refractivity contribution in [3.63, 3.8) is 0 Å². The lowest BCUT2D eigenvalue weighted by Crippen LogP contribution is -2.02. The van der Waals surface area contributed by atoms with Crippen molar-refractivity contribution < 1.29 is 4.79 Å². The summed E-state index contributed by atoms with van der Waals surface area (Å²) in [5.41, 5.74) is 2.82. The highest BCUT2D eigenvalue weighted by Crippen LogP contribution is 2.26. The van der Waals surface area contributed by atoms with E-state index in [0.29, 0.717) is 0 Å². The molecule has 0 bridgehead atoms. The molecule has 0 amide bonds. The summed E-state index contributed by atoms with van der Waals surface area (Å²) in [6.45, 7) is 6.30. The first-order valence-corrected chi connectivity index (χ1v) is 6.99. The number of ketones is 1. The highest BCUT2D eigenvalue weighted by atomic mass is 32.1.